The van der Waals surface area contributed by atoms with Gasteiger partial charge in [0, 0.05) is 31.9 Å². The topological polar surface area (TPSA) is 59.4 Å². The van der Waals surface area contributed by atoms with E-state index in [1.807, 2.05) is 0 Å². The number of hydrogen-bond donors (Lipinski definition) is 2. The van der Waals surface area contributed by atoms with Gasteiger partial charge in [0.05, 0.1) is 0 Å². The van der Waals surface area contributed by atoms with Crippen molar-refractivity contribution in [3.63, 3.8) is 0 Å². The molecule has 2 rings (SSSR count). The average molecular weight is 288 g/mol. The van der Waals surface area contributed by atoms with Crippen molar-refractivity contribution < 1.29 is 4.79 Å². The fourth-order valence-electron chi connectivity index (χ4n) is 2.59. The van der Waals surface area contributed by atoms with E-state index in [9.17, 15) is 4.79 Å². The van der Waals surface area contributed by atoms with Crippen LogP contribution in [-0.2, 0) is 11.2 Å². The van der Waals surface area contributed by atoms with E-state index in [0.717, 1.165) is 38.2 Å². The highest BCUT2D eigenvalue weighted by Crippen LogP contribution is 2.21. The molecule has 5 heteroatoms. The van der Waals surface area contributed by atoms with Gasteiger partial charge in [0.15, 0.2) is 5.96 Å². The molecule has 1 aromatic rings. The Morgan fingerprint density at radius 1 is 1.29 bits per heavy atom. The lowest BCUT2D eigenvalue weighted by Gasteiger charge is -2.23. The van der Waals surface area contributed by atoms with Crippen molar-refractivity contribution in [3.05, 3.63) is 29.8 Å². The van der Waals surface area contributed by atoms with Gasteiger partial charge in [-0.3, -0.25) is 10.2 Å². The molecule has 0 unspecified atom stereocenters. The molecule has 0 aromatic heterocycles. The molecule has 21 heavy (non-hydrogen) atoms. The minimum absolute atomic E-state index is 0.568. The van der Waals surface area contributed by atoms with Crippen LogP contribution in [0.3, 0.4) is 0 Å². The highest BCUT2D eigenvalue weighted by Gasteiger charge is 2.26. The number of hydrogen-bond acceptors (Lipinski definition) is 2. The van der Waals surface area contributed by atoms with E-state index in [2.05, 4.69) is 53.2 Å². The Morgan fingerprint density at radius 2 is 2.00 bits per heavy atom. The van der Waals surface area contributed by atoms with Crippen LogP contribution in [0, 0.1) is 11.3 Å². The minimum atomic E-state index is 0.568. The van der Waals surface area contributed by atoms with Gasteiger partial charge in [-0.2, -0.15) is 0 Å². The second-order valence-electron chi connectivity index (χ2n) is 5.80. The Hall–Kier alpha value is -2.04. The maximum absolute atomic E-state index is 10.2. The maximum Gasteiger partial charge on any atom is 0.207 e. The molecular weight excluding hydrogens is 264 g/mol. The molecule has 0 radical (unpaired) electrons. The fourth-order valence-corrected chi connectivity index (χ4v) is 2.59. The highest BCUT2D eigenvalue weighted by molar-refractivity contribution is 5.95. The van der Waals surface area contributed by atoms with Crippen LogP contribution in [-0.4, -0.2) is 43.4 Å². The minimum Gasteiger partial charge on any atom is -0.358 e. The summed E-state index contributed by atoms with van der Waals surface area (Å²) in [7, 11) is 0. The molecule has 1 aromatic carbocycles. The van der Waals surface area contributed by atoms with Crippen LogP contribution in [0.15, 0.2) is 24.3 Å². The van der Waals surface area contributed by atoms with Gasteiger partial charge in [-0.05, 0) is 30.0 Å². The summed E-state index contributed by atoms with van der Waals surface area (Å²) in [4.78, 5) is 14.4. The van der Waals surface area contributed by atoms with E-state index < -0.39 is 0 Å². The van der Waals surface area contributed by atoms with E-state index >= 15 is 0 Å². The number of nitrogens with one attached hydrogen (secondary N) is 2. The molecule has 1 heterocycles. The highest BCUT2D eigenvalue weighted by atomic mass is 16.1. The van der Waals surface area contributed by atoms with Crippen LogP contribution in [0.2, 0.25) is 0 Å². The summed E-state index contributed by atoms with van der Waals surface area (Å²) >= 11 is 0. The lowest BCUT2D eigenvalue weighted by Crippen LogP contribution is -2.34. The van der Waals surface area contributed by atoms with Crippen LogP contribution in [0.4, 0.5) is 5.69 Å². The van der Waals surface area contributed by atoms with Crippen molar-refractivity contribution in [2.75, 3.05) is 31.1 Å². The van der Waals surface area contributed by atoms with Crippen molar-refractivity contribution >= 4 is 18.1 Å². The lowest BCUT2D eigenvalue weighted by atomic mass is 10.1. The van der Waals surface area contributed by atoms with Crippen molar-refractivity contribution in [1.82, 2.24) is 10.2 Å². The van der Waals surface area contributed by atoms with Gasteiger partial charge in [-0.25, -0.2) is 0 Å². The van der Waals surface area contributed by atoms with E-state index in [-0.39, 0.29) is 0 Å². The van der Waals surface area contributed by atoms with Crippen LogP contribution < -0.4 is 10.2 Å². The first-order valence-electron chi connectivity index (χ1n) is 7.49. The summed E-state index contributed by atoms with van der Waals surface area (Å²) in [5.41, 5.74) is 2.26. The van der Waals surface area contributed by atoms with Crippen molar-refractivity contribution in [2.24, 2.45) is 5.92 Å². The largest absolute Gasteiger partial charge is 0.358 e. The van der Waals surface area contributed by atoms with Crippen LogP contribution in [0.25, 0.3) is 0 Å². The van der Waals surface area contributed by atoms with Crippen LogP contribution in [0.5, 0.6) is 0 Å². The number of nitrogens with zero attached hydrogens (tertiary/aromatic N) is 2. The van der Waals surface area contributed by atoms with Crippen LogP contribution >= 0.6 is 0 Å². The number of rotatable bonds is 7. The molecule has 114 valence electrons. The monoisotopic (exact) mass is 288 g/mol. The number of guanidine groups is 1. The summed E-state index contributed by atoms with van der Waals surface area (Å²) in [6.07, 6.45) is 1.55. The number of anilines is 1. The number of carbonyl (C=O) groups excluding carboxylic acids is 1. The Kier molecular flexibility index (Phi) is 5.20. The maximum atomic E-state index is 10.2. The quantitative estimate of drug-likeness (QED) is 0.593. The Labute approximate surface area is 126 Å². The van der Waals surface area contributed by atoms with Gasteiger partial charge in [0.1, 0.15) is 0 Å². The number of carbonyl (C=O) groups is 1. The molecule has 1 saturated heterocycles. The number of amides is 1. The molecule has 1 aliphatic rings. The molecule has 1 amide bonds. The number of benzene rings is 1. The standard InChI is InChI=1S/C16H24N4O/c1-13(2)11-19-9-10-20(16(19)17)15-5-3-14(4-6-15)7-8-18-12-21/h3-6,12-13,17H,7-11H2,1-2H3,(H,18,21). The summed E-state index contributed by atoms with van der Waals surface area (Å²) in [6.45, 7) is 7.74. The normalized spacial score (nSPS) is 14.9. The molecular formula is C16H24N4O. The molecule has 1 fully saturated rings. The van der Waals surface area contributed by atoms with E-state index in [1.165, 1.54) is 5.56 Å². The Balaban J connectivity index is 1.96. The van der Waals surface area contributed by atoms with Crippen LogP contribution in [0.1, 0.15) is 19.4 Å². The predicted molar refractivity (Wildman–Crippen MR) is 85.7 cm³/mol. The molecule has 1 aliphatic heterocycles. The molecule has 0 aliphatic carbocycles. The van der Waals surface area contributed by atoms with Gasteiger partial charge < -0.3 is 15.1 Å². The summed E-state index contributed by atoms with van der Waals surface area (Å²) < 4.78 is 0. The fraction of sp³-hybridized carbons (Fsp3) is 0.500. The first-order chi connectivity index (χ1) is 10.1. The second kappa shape index (κ2) is 7.11. The molecule has 0 saturated carbocycles. The van der Waals surface area contributed by atoms with E-state index in [0.29, 0.717) is 18.4 Å². The van der Waals surface area contributed by atoms with Crippen molar-refractivity contribution in [1.29, 1.82) is 5.41 Å². The third-order valence-electron chi connectivity index (χ3n) is 3.62. The zero-order chi connectivity index (χ0) is 15.2. The van der Waals surface area contributed by atoms with Gasteiger partial charge in [-0.1, -0.05) is 26.0 Å². The molecule has 5 nitrogen and oxygen atoms in total. The SMILES string of the molecule is CC(C)CN1CCN(c2ccc(CCNC=O)cc2)C1=N. The summed E-state index contributed by atoms with van der Waals surface area (Å²) in [5, 5.41) is 11.0. The molecule has 0 atom stereocenters. The van der Waals surface area contributed by atoms with Gasteiger partial charge in [0.25, 0.3) is 0 Å². The second-order valence-corrected chi connectivity index (χ2v) is 5.80. The van der Waals surface area contributed by atoms with E-state index in [1.54, 1.807) is 0 Å². The zero-order valence-electron chi connectivity index (χ0n) is 12.8. The predicted octanol–water partition coefficient (Wildman–Crippen LogP) is 1.69. The third-order valence-corrected chi connectivity index (χ3v) is 3.62. The third kappa shape index (κ3) is 3.97. The molecule has 0 bridgehead atoms. The molecule has 0 spiro atoms. The van der Waals surface area contributed by atoms with E-state index in [4.69, 9.17) is 5.41 Å². The Morgan fingerprint density at radius 3 is 2.62 bits per heavy atom. The van der Waals surface area contributed by atoms with Gasteiger partial charge >= 0.3 is 0 Å². The Bertz CT molecular complexity index is 484. The zero-order valence-corrected chi connectivity index (χ0v) is 12.8. The lowest BCUT2D eigenvalue weighted by molar-refractivity contribution is -0.109. The van der Waals surface area contributed by atoms with Gasteiger partial charge in [0.2, 0.25) is 6.41 Å². The van der Waals surface area contributed by atoms with Gasteiger partial charge in [-0.15, -0.1) is 0 Å². The smallest absolute Gasteiger partial charge is 0.207 e. The van der Waals surface area contributed by atoms with Crippen molar-refractivity contribution in [2.45, 2.75) is 20.3 Å². The summed E-state index contributed by atoms with van der Waals surface area (Å²) in [5.74, 6) is 1.16. The first kappa shape index (κ1) is 15.4. The molecule has 2 N–H and O–H groups in total. The first-order valence-corrected chi connectivity index (χ1v) is 7.49. The van der Waals surface area contributed by atoms with Crippen molar-refractivity contribution in [3.8, 4) is 0 Å². The average Bonchev–Trinajstić information content (AvgIpc) is 2.81. The summed E-state index contributed by atoms with van der Waals surface area (Å²) in [6, 6.07) is 8.26.